The van der Waals surface area contributed by atoms with Gasteiger partial charge in [0, 0.05) is 24.9 Å². The van der Waals surface area contributed by atoms with Gasteiger partial charge in [-0.3, -0.25) is 4.79 Å². The maximum absolute atomic E-state index is 11.2. The van der Waals surface area contributed by atoms with Gasteiger partial charge in [0.2, 0.25) is 0 Å². The first-order valence-electron chi connectivity index (χ1n) is 5.44. The van der Waals surface area contributed by atoms with Gasteiger partial charge in [-0.1, -0.05) is 13.8 Å². The molecular weight excluding hydrogens is 178 g/mol. The van der Waals surface area contributed by atoms with E-state index in [1.807, 2.05) is 6.92 Å². The van der Waals surface area contributed by atoms with Gasteiger partial charge in [0.25, 0.3) is 0 Å². The summed E-state index contributed by atoms with van der Waals surface area (Å²) >= 11 is 0. The summed E-state index contributed by atoms with van der Waals surface area (Å²) in [4.78, 5) is 13.5. The van der Waals surface area contributed by atoms with Gasteiger partial charge >= 0.3 is 5.97 Å². The quantitative estimate of drug-likeness (QED) is 0.634. The van der Waals surface area contributed by atoms with Crippen LogP contribution in [-0.4, -0.2) is 36.6 Å². The van der Waals surface area contributed by atoms with Crippen molar-refractivity contribution in [2.24, 2.45) is 5.92 Å². The number of hydrogen-bond acceptors (Lipinski definition) is 3. The van der Waals surface area contributed by atoms with Crippen LogP contribution in [0.1, 0.15) is 33.6 Å². The average molecular weight is 199 g/mol. The second-order valence-corrected chi connectivity index (χ2v) is 4.38. The maximum atomic E-state index is 11.2. The molecule has 1 saturated heterocycles. The summed E-state index contributed by atoms with van der Waals surface area (Å²) in [6.45, 7) is 7.18. The topological polar surface area (TPSA) is 29.5 Å². The normalized spacial score (nSPS) is 34.1. The highest BCUT2D eigenvalue weighted by atomic mass is 16.5. The van der Waals surface area contributed by atoms with Crippen LogP contribution >= 0.6 is 0 Å². The molecule has 3 nitrogen and oxygen atoms in total. The standard InChI is InChI=1S/C11H21NO2/c1-5-11(13)14-10-6-9(3)12(4)7-8(10)2/h8-10H,5-7H2,1-4H3/t8-,9+,10-/m0/s1. The van der Waals surface area contributed by atoms with Gasteiger partial charge < -0.3 is 9.64 Å². The summed E-state index contributed by atoms with van der Waals surface area (Å²) < 4.78 is 5.41. The van der Waals surface area contributed by atoms with Gasteiger partial charge in [-0.05, 0) is 20.4 Å². The summed E-state index contributed by atoms with van der Waals surface area (Å²) in [5.74, 6) is 0.380. The molecule has 0 radical (unpaired) electrons. The minimum absolute atomic E-state index is 0.0707. The second kappa shape index (κ2) is 4.78. The predicted molar refractivity (Wildman–Crippen MR) is 56.0 cm³/mol. The highest BCUT2D eigenvalue weighted by Gasteiger charge is 2.31. The minimum atomic E-state index is -0.0707. The Morgan fingerprint density at radius 1 is 1.50 bits per heavy atom. The fourth-order valence-corrected chi connectivity index (χ4v) is 1.92. The zero-order valence-electron chi connectivity index (χ0n) is 9.62. The Kier molecular flexibility index (Phi) is 3.93. The molecule has 0 aromatic carbocycles. The van der Waals surface area contributed by atoms with Gasteiger partial charge in [0.05, 0.1) is 0 Å². The molecule has 1 heterocycles. The molecule has 1 aliphatic heterocycles. The van der Waals surface area contributed by atoms with Gasteiger partial charge in [0.1, 0.15) is 6.10 Å². The van der Waals surface area contributed by atoms with Crippen LogP contribution in [0.5, 0.6) is 0 Å². The van der Waals surface area contributed by atoms with Crippen molar-refractivity contribution in [3.8, 4) is 0 Å². The van der Waals surface area contributed by atoms with Crippen molar-refractivity contribution in [3.63, 3.8) is 0 Å². The molecule has 3 heteroatoms. The number of ether oxygens (including phenoxy) is 1. The lowest BCUT2D eigenvalue weighted by molar-refractivity contribution is -0.155. The molecule has 3 atom stereocenters. The van der Waals surface area contributed by atoms with Crippen LogP contribution < -0.4 is 0 Å². The monoisotopic (exact) mass is 199 g/mol. The van der Waals surface area contributed by atoms with E-state index in [1.54, 1.807) is 0 Å². The Morgan fingerprint density at radius 2 is 2.14 bits per heavy atom. The summed E-state index contributed by atoms with van der Waals surface area (Å²) in [7, 11) is 2.12. The number of hydrogen-bond donors (Lipinski definition) is 0. The molecule has 0 amide bonds. The summed E-state index contributed by atoms with van der Waals surface area (Å²) in [5.41, 5.74) is 0. The zero-order chi connectivity index (χ0) is 10.7. The predicted octanol–water partition coefficient (Wildman–Crippen LogP) is 1.67. The third kappa shape index (κ3) is 2.71. The van der Waals surface area contributed by atoms with Crippen molar-refractivity contribution in [3.05, 3.63) is 0 Å². The van der Waals surface area contributed by atoms with Gasteiger partial charge in [0.15, 0.2) is 0 Å². The lowest BCUT2D eigenvalue weighted by Crippen LogP contribution is -2.46. The van der Waals surface area contributed by atoms with E-state index in [2.05, 4.69) is 25.8 Å². The minimum Gasteiger partial charge on any atom is -0.462 e. The Bertz CT molecular complexity index is 205. The maximum Gasteiger partial charge on any atom is 0.305 e. The highest BCUT2D eigenvalue weighted by molar-refractivity contribution is 5.69. The van der Waals surface area contributed by atoms with E-state index in [1.165, 1.54) is 0 Å². The van der Waals surface area contributed by atoms with Crippen LogP contribution in [0.4, 0.5) is 0 Å². The Labute approximate surface area is 86.4 Å². The number of carbonyl (C=O) groups is 1. The van der Waals surface area contributed by atoms with E-state index < -0.39 is 0 Å². The van der Waals surface area contributed by atoms with Crippen molar-refractivity contribution in [2.45, 2.75) is 45.8 Å². The molecule has 0 saturated carbocycles. The molecule has 0 N–H and O–H groups in total. The van der Waals surface area contributed by atoms with E-state index in [0.29, 0.717) is 18.4 Å². The first kappa shape index (κ1) is 11.5. The van der Waals surface area contributed by atoms with Crippen molar-refractivity contribution >= 4 is 5.97 Å². The number of carbonyl (C=O) groups excluding carboxylic acids is 1. The number of likely N-dealkylation sites (tertiary alicyclic amines) is 1. The first-order valence-corrected chi connectivity index (χ1v) is 5.44. The van der Waals surface area contributed by atoms with Gasteiger partial charge in [-0.15, -0.1) is 0 Å². The lowest BCUT2D eigenvalue weighted by Gasteiger charge is -2.38. The summed E-state index contributed by atoms with van der Waals surface area (Å²) in [6, 6.07) is 0.515. The van der Waals surface area contributed by atoms with E-state index in [0.717, 1.165) is 13.0 Å². The second-order valence-electron chi connectivity index (χ2n) is 4.38. The van der Waals surface area contributed by atoms with Crippen LogP contribution in [0.15, 0.2) is 0 Å². The summed E-state index contributed by atoms with van der Waals surface area (Å²) in [6.07, 6.45) is 1.56. The molecule has 0 unspecified atom stereocenters. The van der Waals surface area contributed by atoms with Crippen LogP contribution in [0.25, 0.3) is 0 Å². The van der Waals surface area contributed by atoms with E-state index in [4.69, 9.17) is 4.74 Å². The number of piperidine rings is 1. The van der Waals surface area contributed by atoms with Crippen LogP contribution in [-0.2, 0) is 9.53 Å². The van der Waals surface area contributed by atoms with Crippen molar-refractivity contribution in [1.82, 2.24) is 4.90 Å². The molecule has 0 aromatic rings. The molecule has 1 rings (SSSR count). The van der Waals surface area contributed by atoms with Crippen molar-refractivity contribution < 1.29 is 9.53 Å². The summed E-state index contributed by atoms with van der Waals surface area (Å²) in [5, 5.41) is 0. The Morgan fingerprint density at radius 3 is 2.71 bits per heavy atom. The third-order valence-corrected chi connectivity index (χ3v) is 3.11. The molecule has 1 fully saturated rings. The van der Waals surface area contributed by atoms with E-state index in [9.17, 15) is 4.79 Å². The Hall–Kier alpha value is -0.570. The largest absolute Gasteiger partial charge is 0.462 e. The molecule has 82 valence electrons. The fraction of sp³-hybridized carbons (Fsp3) is 0.909. The van der Waals surface area contributed by atoms with E-state index >= 15 is 0 Å². The first-order chi connectivity index (χ1) is 6.54. The molecule has 0 aromatic heterocycles. The lowest BCUT2D eigenvalue weighted by atomic mass is 9.92. The molecule has 1 aliphatic rings. The Balaban J connectivity index is 2.48. The van der Waals surface area contributed by atoms with Crippen LogP contribution in [0, 0.1) is 5.92 Å². The number of rotatable bonds is 2. The van der Waals surface area contributed by atoms with Crippen LogP contribution in [0.2, 0.25) is 0 Å². The van der Waals surface area contributed by atoms with Crippen molar-refractivity contribution in [2.75, 3.05) is 13.6 Å². The molecule has 14 heavy (non-hydrogen) atoms. The smallest absolute Gasteiger partial charge is 0.305 e. The van der Waals surface area contributed by atoms with E-state index in [-0.39, 0.29) is 12.1 Å². The average Bonchev–Trinajstić information content (AvgIpc) is 2.14. The van der Waals surface area contributed by atoms with Crippen LogP contribution in [0.3, 0.4) is 0 Å². The van der Waals surface area contributed by atoms with Gasteiger partial charge in [-0.2, -0.15) is 0 Å². The van der Waals surface area contributed by atoms with Gasteiger partial charge in [-0.25, -0.2) is 0 Å². The molecule has 0 bridgehead atoms. The number of esters is 1. The SMILES string of the molecule is CCC(=O)O[C@H]1C[C@@H](C)N(C)C[C@@H]1C. The fourth-order valence-electron chi connectivity index (χ4n) is 1.92. The highest BCUT2D eigenvalue weighted by Crippen LogP contribution is 2.23. The zero-order valence-corrected chi connectivity index (χ0v) is 9.62. The third-order valence-electron chi connectivity index (χ3n) is 3.11. The molecule has 0 aliphatic carbocycles. The molecular formula is C11H21NO2. The molecule has 0 spiro atoms. The number of nitrogens with zero attached hydrogens (tertiary/aromatic N) is 1. The van der Waals surface area contributed by atoms with Crippen molar-refractivity contribution in [1.29, 1.82) is 0 Å².